The van der Waals surface area contributed by atoms with Crippen LogP contribution in [0.1, 0.15) is 0 Å². The molecule has 0 unspecified atom stereocenters. The number of fused-ring (bicyclic) bond motifs is 6. The number of benzene rings is 9. The van der Waals surface area contributed by atoms with Crippen LogP contribution in [-0.2, 0) is 0 Å². The van der Waals surface area contributed by atoms with Crippen molar-refractivity contribution < 1.29 is 0 Å². The molecular weight excluding hydrogens is 713 g/mol. The molecule has 0 N–H and O–H groups in total. The van der Waals surface area contributed by atoms with Crippen LogP contribution in [0.4, 0.5) is 0 Å². The zero-order valence-corrected chi connectivity index (χ0v) is 32.1. The zero-order valence-electron chi connectivity index (χ0n) is 30.4. The summed E-state index contributed by atoms with van der Waals surface area (Å²) in [7, 11) is 0. The van der Waals surface area contributed by atoms with Crippen molar-refractivity contribution in [2.45, 2.75) is 0 Å². The van der Waals surface area contributed by atoms with Gasteiger partial charge in [-0.3, -0.25) is 0 Å². The Bertz CT molecular complexity index is 3220. The van der Waals surface area contributed by atoms with Gasteiger partial charge in [-0.15, -0.1) is 22.7 Å². The van der Waals surface area contributed by atoms with E-state index in [4.69, 9.17) is 0 Å². The molecule has 0 atom stereocenters. The lowest BCUT2D eigenvalue weighted by molar-refractivity contribution is 1.58. The molecule has 0 bridgehead atoms. The summed E-state index contributed by atoms with van der Waals surface area (Å²) in [6.07, 6.45) is 0. The fraction of sp³-hybridized carbons (Fsp3) is 0. The van der Waals surface area contributed by atoms with Crippen molar-refractivity contribution in [3.63, 3.8) is 0 Å². The second-order valence-corrected chi connectivity index (χ2v) is 16.5. The topological polar surface area (TPSA) is 0 Å². The highest BCUT2D eigenvalue weighted by Crippen LogP contribution is 2.45. The maximum absolute atomic E-state index is 2.34. The molecule has 0 fully saturated rings. The molecule has 11 aromatic rings. The third-order valence-corrected chi connectivity index (χ3v) is 13.6. The summed E-state index contributed by atoms with van der Waals surface area (Å²) >= 11 is 3.80. The van der Waals surface area contributed by atoms with Crippen LogP contribution >= 0.6 is 22.7 Å². The van der Waals surface area contributed by atoms with Gasteiger partial charge in [-0.05, 0) is 85.0 Å². The van der Waals surface area contributed by atoms with Gasteiger partial charge in [0.1, 0.15) is 0 Å². The fourth-order valence-electron chi connectivity index (χ4n) is 8.31. The Morgan fingerprint density at radius 3 is 1.14 bits per heavy atom. The van der Waals surface area contributed by atoms with Crippen molar-refractivity contribution in [2.24, 2.45) is 0 Å². The zero-order chi connectivity index (χ0) is 37.0. The highest BCUT2D eigenvalue weighted by Gasteiger charge is 2.15. The molecule has 56 heavy (non-hydrogen) atoms. The van der Waals surface area contributed by atoms with Gasteiger partial charge in [0.15, 0.2) is 0 Å². The molecule has 0 aliphatic carbocycles. The van der Waals surface area contributed by atoms with Crippen molar-refractivity contribution in [2.75, 3.05) is 0 Å². The average Bonchev–Trinajstić information content (AvgIpc) is 3.86. The molecule has 0 spiro atoms. The molecule has 0 aliphatic rings. The van der Waals surface area contributed by atoms with Crippen LogP contribution in [0.5, 0.6) is 0 Å². The second kappa shape index (κ2) is 13.6. The van der Waals surface area contributed by atoms with E-state index in [1.807, 2.05) is 22.7 Å². The number of hydrogen-bond acceptors (Lipinski definition) is 2. The summed E-state index contributed by atoms with van der Waals surface area (Å²) in [5.41, 5.74) is 14.9. The highest BCUT2D eigenvalue weighted by atomic mass is 32.1. The first-order chi connectivity index (χ1) is 27.7. The highest BCUT2D eigenvalue weighted by molar-refractivity contribution is 7.27. The van der Waals surface area contributed by atoms with Crippen LogP contribution in [0.15, 0.2) is 206 Å². The van der Waals surface area contributed by atoms with E-state index in [-0.39, 0.29) is 0 Å². The van der Waals surface area contributed by atoms with Crippen molar-refractivity contribution >= 4 is 63.0 Å². The third-order valence-electron chi connectivity index (χ3n) is 11.1. The average molecular weight is 747 g/mol. The fourth-order valence-corrected chi connectivity index (χ4v) is 10.9. The summed E-state index contributed by atoms with van der Waals surface area (Å²) < 4.78 is 5.34. The molecule has 0 aliphatic heterocycles. The van der Waals surface area contributed by atoms with E-state index in [1.165, 1.54) is 107 Å². The molecule has 0 saturated heterocycles. The molecule has 9 aromatic carbocycles. The molecule has 0 saturated carbocycles. The van der Waals surface area contributed by atoms with Gasteiger partial charge in [-0.25, -0.2) is 0 Å². The number of rotatable bonds is 6. The number of thiophene rings is 2. The molecule has 2 heterocycles. The van der Waals surface area contributed by atoms with Gasteiger partial charge in [0.2, 0.25) is 0 Å². The maximum atomic E-state index is 2.34. The summed E-state index contributed by atoms with van der Waals surface area (Å²) in [6, 6.07) is 75.6. The van der Waals surface area contributed by atoms with E-state index in [0.717, 1.165) is 0 Å². The first-order valence-electron chi connectivity index (χ1n) is 19.1. The lowest BCUT2D eigenvalue weighted by Gasteiger charge is -2.09. The molecular formula is C54H34S2. The Morgan fingerprint density at radius 1 is 0.214 bits per heavy atom. The minimum atomic E-state index is 1.22. The van der Waals surface area contributed by atoms with E-state index in [9.17, 15) is 0 Å². The Labute approximate surface area is 334 Å². The van der Waals surface area contributed by atoms with Gasteiger partial charge < -0.3 is 0 Å². The van der Waals surface area contributed by atoms with Crippen LogP contribution in [0, 0.1) is 0 Å². The Morgan fingerprint density at radius 2 is 0.571 bits per heavy atom. The van der Waals surface area contributed by atoms with Gasteiger partial charge in [0, 0.05) is 40.3 Å². The van der Waals surface area contributed by atoms with Gasteiger partial charge in [0.25, 0.3) is 0 Å². The summed E-state index contributed by atoms with van der Waals surface area (Å²) in [5.74, 6) is 0. The SMILES string of the molecule is c1ccc(-c2ccc(-c3cccc(-c4cccc5c4sc4c(-c6ccc(-c7cccc(-c8cccc9c8sc8ccccc89)c7)cc6)cccc45)c3)cc2)cc1. The maximum Gasteiger partial charge on any atom is 0.0434 e. The van der Waals surface area contributed by atoms with Crippen molar-refractivity contribution in [3.8, 4) is 66.8 Å². The van der Waals surface area contributed by atoms with Gasteiger partial charge in [-0.1, -0.05) is 188 Å². The Balaban J connectivity index is 0.925. The molecule has 262 valence electrons. The van der Waals surface area contributed by atoms with E-state index >= 15 is 0 Å². The second-order valence-electron chi connectivity index (χ2n) is 14.4. The van der Waals surface area contributed by atoms with Crippen LogP contribution in [0.3, 0.4) is 0 Å². The van der Waals surface area contributed by atoms with Crippen molar-refractivity contribution in [1.82, 2.24) is 0 Å². The van der Waals surface area contributed by atoms with Crippen LogP contribution in [-0.4, -0.2) is 0 Å². The first-order valence-corrected chi connectivity index (χ1v) is 20.7. The molecule has 0 amide bonds. The molecule has 2 aromatic heterocycles. The summed E-state index contributed by atoms with van der Waals surface area (Å²) in [4.78, 5) is 0. The third kappa shape index (κ3) is 5.66. The van der Waals surface area contributed by atoms with Crippen LogP contribution in [0.2, 0.25) is 0 Å². The summed E-state index contributed by atoms with van der Waals surface area (Å²) in [5, 5.41) is 5.29. The van der Waals surface area contributed by atoms with Crippen LogP contribution in [0.25, 0.3) is 107 Å². The predicted molar refractivity (Wildman–Crippen MR) is 245 cm³/mol. The summed E-state index contributed by atoms with van der Waals surface area (Å²) in [6.45, 7) is 0. The molecule has 0 radical (unpaired) electrons. The Hall–Kier alpha value is -6.58. The molecule has 2 heteroatoms. The lowest BCUT2D eigenvalue weighted by Crippen LogP contribution is -1.83. The van der Waals surface area contributed by atoms with E-state index < -0.39 is 0 Å². The van der Waals surface area contributed by atoms with E-state index in [0.29, 0.717) is 0 Å². The largest absolute Gasteiger partial charge is 0.135 e. The molecule has 11 rings (SSSR count). The van der Waals surface area contributed by atoms with Crippen LogP contribution < -0.4 is 0 Å². The quantitative estimate of drug-likeness (QED) is 0.159. The van der Waals surface area contributed by atoms with Gasteiger partial charge in [-0.2, -0.15) is 0 Å². The Kier molecular flexibility index (Phi) is 7.98. The predicted octanol–water partition coefficient (Wildman–Crippen LogP) is 16.4. The van der Waals surface area contributed by atoms with E-state index in [1.54, 1.807) is 0 Å². The van der Waals surface area contributed by atoms with Crippen molar-refractivity contribution in [1.29, 1.82) is 0 Å². The lowest BCUT2D eigenvalue weighted by atomic mass is 9.95. The van der Waals surface area contributed by atoms with E-state index in [2.05, 4.69) is 206 Å². The first kappa shape index (κ1) is 32.8. The normalized spacial score (nSPS) is 11.6. The molecule has 0 nitrogen and oxygen atoms in total. The smallest absolute Gasteiger partial charge is 0.0434 e. The van der Waals surface area contributed by atoms with Gasteiger partial charge >= 0.3 is 0 Å². The monoisotopic (exact) mass is 746 g/mol. The minimum absolute atomic E-state index is 1.22. The van der Waals surface area contributed by atoms with Crippen molar-refractivity contribution in [3.05, 3.63) is 206 Å². The van der Waals surface area contributed by atoms with Gasteiger partial charge in [0.05, 0.1) is 0 Å². The number of hydrogen-bond donors (Lipinski definition) is 0. The minimum Gasteiger partial charge on any atom is -0.135 e. The standard InChI is InChI=1S/C54H34S2/c1-2-11-35(12-3-1)36-25-27-37(28-26-36)40-13-7-16-43(34-40)46-20-10-23-50-49-22-8-18-44(53(49)56-54(46)50)39-31-29-38(30-32-39)41-14-6-15-42(33-41)45-19-9-21-48-47-17-4-5-24-51(47)55-52(45)48/h1-34H.